The first kappa shape index (κ1) is 20.8. The van der Waals surface area contributed by atoms with Crippen molar-refractivity contribution in [3.8, 4) is 5.88 Å². The maximum atomic E-state index is 13.0. The minimum atomic E-state index is -0.194. The van der Waals surface area contributed by atoms with E-state index < -0.39 is 0 Å². The van der Waals surface area contributed by atoms with Crippen LogP contribution in [0.2, 0.25) is 0 Å². The second-order valence-electron chi connectivity index (χ2n) is 8.24. The molecule has 33 heavy (non-hydrogen) atoms. The average Bonchev–Trinajstić information content (AvgIpc) is 3.41. The summed E-state index contributed by atoms with van der Waals surface area (Å²) in [5.74, 6) is 0.593. The number of imidazole rings is 2. The summed E-state index contributed by atoms with van der Waals surface area (Å²) in [6.07, 6.45) is 5.09. The van der Waals surface area contributed by atoms with Crippen LogP contribution in [0.1, 0.15) is 28.8 Å². The van der Waals surface area contributed by atoms with Gasteiger partial charge >= 0.3 is 5.69 Å². The number of nitrogens with zero attached hydrogens (tertiary/aromatic N) is 5. The minimum Gasteiger partial charge on any atom is -0.493 e. The Bertz CT molecular complexity index is 1340. The van der Waals surface area contributed by atoms with E-state index in [2.05, 4.69) is 4.98 Å². The highest BCUT2D eigenvalue weighted by Gasteiger charge is 2.24. The van der Waals surface area contributed by atoms with E-state index in [0.717, 1.165) is 23.1 Å². The molecule has 0 radical (unpaired) electrons. The van der Waals surface area contributed by atoms with Gasteiger partial charge in [0.15, 0.2) is 0 Å². The Kier molecular flexibility index (Phi) is 5.56. The molecule has 0 aliphatic carbocycles. The van der Waals surface area contributed by atoms with E-state index in [1.807, 2.05) is 59.5 Å². The van der Waals surface area contributed by atoms with Gasteiger partial charge in [-0.15, -0.1) is 0 Å². The molecular formula is C25H25N5O3. The highest BCUT2D eigenvalue weighted by molar-refractivity contribution is 5.59. The van der Waals surface area contributed by atoms with Crippen molar-refractivity contribution in [3.05, 3.63) is 99.9 Å². The number of aromatic hydroxyl groups is 1. The fraction of sp³-hybridized carbons (Fsp3) is 0.240. The molecule has 0 fully saturated rings. The van der Waals surface area contributed by atoms with Gasteiger partial charge < -0.3 is 10.0 Å². The van der Waals surface area contributed by atoms with Crippen LogP contribution in [0.3, 0.4) is 0 Å². The zero-order valence-electron chi connectivity index (χ0n) is 18.2. The van der Waals surface area contributed by atoms with Gasteiger partial charge in [0, 0.05) is 38.4 Å². The Morgan fingerprint density at radius 2 is 1.82 bits per heavy atom. The maximum Gasteiger partial charge on any atom is 0.331 e. The number of benzene rings is 2. The van der Waals surface area contributed by atoms with E-state index in [1.54, 1.807) is 17.0 Å². The fourth-order valence-corrected chi connectivity index (χ4v) is 4.51. The molecule has 5 rings (SSSR count). The van der Waals surface area contributed by atoms with Gasteiger partial charge in [-0.1, -0.05) is 54.6 Å². The van der Waals surface area contributed by atoms with Crippen molar-refractivity contribution in [2.24, 2.45) is 0 Å². The van der Waals surface area contributed by atoms with Crippen molar-refractivity contribution >= 4 is 12.4 Å². The van der Waals surface area contributed by atoms with Gasteiger partial charge in [-0.3, -0.25) is 18.5 Å². The van der Waals surface area contributed by atoms with Crippen LogP contribution in [0.15, 0.2) is 71.8 Å². The molecular weight excluding hydrogens is 418 g/mol. The zero-order valence-corrected chi connectivity index (χ0v) is 18.2. The first-order chi connectivity index (χ1) is 16.2. The summed E-state index contributed by atoms with van der Waals surface area (Å²) < 4.78 is 4.56. The number of anilines is 1. The maximum absolute atomic E-state index is 13.0. The van der Waals surface area contributed by atoms with E-state index >= 15 is 0 Å². The van der Waals surface area contributed by atoms with Crippen molar-refractivity contribution in [1.29, 1.82) is 0 Å². The molecule has 1 aliphatic heterocycles. The number of hydrogen-bond donors (Lipinski definition) is 1. The summed E-state index contributed by atoms with van der Waals surface area (Å²) in [5.41, 5.74) is 3.81. The van der Waals surface area contributed by atoms with Crippen LogP contribution in [0.4, 0.5) is 5.95 Å². The summed E-state index contributed by atoms with van der Waals surface area (Å²) in [6, 6.07) is 18.0. The first-order valence-electron chi connectivity index (χ1n) is 11.0. The summed E-state index contributed by atoms with van der Waals surface area (Å²) in [5, 5.41) is 10.8. The van der Waals surface area contributed by atoms with Gasteiger partial charge in [0.2, 0.25) is 18.2 Å². The average molecular weight is 444 g/mol. The van der Waals surface area contributed by atoms with Gasteiger partial charge in [0.1, 0.15) is 0 Å². The Hall–Kier alpha value is -4.07. The molecule has 8 heteroatoms. The van der Waals surface area contributed by atoms with Crippen molar-refractivity contribution in [2.45, 2.75) is 32.5 Å². The Morgan fingerprint density at radius 1 is 1.06 bits per heavy atom. The van der Waals surface area contributed by atoms with Gasteiger partial charge in [-0.25, -0.2) is 9.78 Å². The second-order valence-corrected chi connectivity index (χ2v) is 8.24. The summed E-state index contributed by atoms with van der Waals surface area (Å²) in [6.45, 7) is 1.98. The molecule has 0 amide bonds. The molecule has 3 heterocycles. The fourth-order valence-electron chi connectivity index (χ4n) is 4.51. The number of carbonyl (C=O) groups is 1. The molecule has 1 aliphatic rings. The third kappa shape index (κ3) is 3.95. The second kappa shape index (κ2) is 8.82. The van der Waals surface area contributed by atoms with Crippen LogP contribution < -0.4 is 10.6 Å². The Labute approximate surface area is 191 Å². The van der Waals surface area contributed by atoms with E-state index in [1.165, 1.54) is 9.13 Å². The van der Waals surface area contributed by atoms with Crippen molar-refractivity contribution < 1.29 is 9.90 Å². The van der Waals surface area contributed by atoms with Gasteiger partial charge in [0.05, 0.1) is 12.2 Å². The molecule has 0 atom stereocenters. The minimum absolute atomic E-state index is 0.0403. The molecule has 4 aromatic rings. The van der Waals surface area contributed by atoms with Gasteiger partial charge in [-0.2, -0.15) is 0 Å². The highest BCUT2D eigenvalue weighted by atomic mass is 16.3. The number of rotatable bonds is 8. The molecule has 8 nitrogen and oxygen atoms in total. The third-order valence-electron chi connectivity index (χ3n) is 6.18. The predicted molar refractivity (Wildman–Crippen MR) is 125 cm³/mol. The Balaban J connectivity index is 1.35. The number of fused-ring (bicyclic) bond motifs is 2. The normalized spacial score (nSPS) is 12.2. The predicted octanol–water partition coefficient (Wildman–Crippen LogP) is 2.64. The smallest absolute Gasteiger partial charge is 0.331 e. The molecule has 0 unspecified atom stereocenters. The molecule has 0 saturated carbocycles. The highest BCUT2D eigenvalue weighted by Crippen LogP contribution is 2.27. The van der Waals surface area contributed by atoms with Crippen LogP contribution in [0, 0.1) is 0 Å². The zero-order chi connectivity index (χ0) is 22.8. The molecule has 168 valence electrons. The molecule has 0 spiro atoms. The van der Waals surface area contributed by atoms with Crippen LogP contribution in [-0.2, 0) is 30.8 Å². The lowest BCUT2D eigenvalue weighted by Crippen LogP contribution is -2.30. The van der Waals surface area contributed by atoms with E-state index in [0.29, 0.717) is 50.7 Å². The number of aromatic nitrogens is 4. The van der Waals surface area contributed by atoms with Crippen LogP contribution in [0.25, 0.3) is 0 Å². The lowest BCUT2D eigenvalue weighted by molar-refractivity contribution is 0.404. The van der Waals surface area contributed by atoms with E-state index in [9.17, 15) is 14.7 Å². The summed E-state index contributed by atoms with van der Waals surface area (Å²) >= 11 is 0. The molecule has 2 aromatic carbocycles. The summed E-state index contributed by atoms with van der Waals surface area (Å²) in [4.78, 5) is 30.8. The van der Waals surface area contributed by atoms with Crippen molar-refractivity contribution in [2.75, 3.05) is 11.4 Å². The third-order valence-corrected chi connectivity index (χ3v) is 6.18. The van der Waals surface area contributed by atoms with Crippen molar-refractivity contribution in [3.63, 3.8) is 0 Å². The molecule has 1 N–H and O–H groups in total. The van der Waals surface area contributed by atoms with Gasteiger partial charge in [-0.05, 0) is 23.1 Å². The topological polar surface area (TPSA) is 85.3 Å². The van der Waals surface area contributed by atoms with Crippen LogP contribution in [0.5, 0.6) is 5.88 Å². The van der Waals surface area contributed by atoms with Crippen molar-refractivity contribution in [1.82, 2.24) is 18.7 Å². The molecule has 2 aromatic heterocycles. The lowest BCUT2D eigenvalue weighted by atomic mass is 9.99. The number of carbonyl (C=O) groups excluding carboxylic acids is 1. The van der Waals surface area contributed by atoms with Gasteiger partial charge in [0.25, 0.3) is 0 Å². The molecule has 0 saturated heterocycles. The lowest BCUT2D eigenvalue weighted by Gasteiger charge is -2.23. The summed E-state index contributed by atoms with van der Waals surface area (Å²) in [7, 11) is 0. The standard InChI is InChI=1S/C25H25N5O3/c31-18-28-14-11-26-24(28)27(16-19-7-2-1-3-8-19)12-6-13-29-23(32)22-15-20-9-4-5-10-21(20)17-30(22)25(29)33/h1-5,7-11,14,18,32H,6,12-13,15-17H2. The molecule has 0 bridgehead atoms. The SMILES string of the molecule is O=Cn1ccnc1N(CCCn1c(O)c2n(c1=O)Cc1ccccc1C2)Cc1ccccc1. The monoisotopic (exact) mass is 443 g/mol. The quantitative estimate of drug-likeness (QED) is 0.373. The largest absolute Gasteiger partial charge is 0.493 e. The van der Waals surface area contributed by atoms with E-state index in [-0.39, 0.29) is 11.6 Å². The number of hydrogen-bond acceptors (Lipinski definition) is 5. The van der Waals surface area contributed by atoms with Crippen LogP contribution >= 0.6 is 0 Å². The van der Waals surface area contributed by atoms with Crippen LogP contribution in [-0.4, -0.2) is 36.7 Å². The van der Waals surface area contributed by atoms with E-state index in [4.69, 9.17) is 0 Å². The first-order valence-corrected chi connectivity index (χ1v) is 11.0. The Morgan fingerprint density at radius 3 is 2.61 bits per heavy atom.